The molecule has 0 radical (unpaired) electrons. The normalized spacial score (nSPS) is 11.7. The van der Waals surface area contributed by atoms with Gasteiger partial charge in [0.1, 0.15) is 6.54 Å². The average Bonchev–Trinajstić information content (AvgIpc) is 2.97. The first-order chi connectivity index (χ1) is 13.6. The van der Waals surface area contributed by atoms with Crippen molar-refractivity contribution in [3.63, 3.8) is 0 Å². The van der Waals surface area contributed by atoms with Crippen molar-refractivity contribution in [1.82, 2.24) is 4.57 Å². The van der Waals surface area contributed by atoms with Gasteiger partial charge >= 0.3 is 6.18 Å². The molecule has 1 aromatic heterocycles. The molecule has 0 aliphatic rings. The summed E-state index contributed by atoms with van der Waals surface area (Å²) in [5, 5.41) is 2.98. The van der Waals surface area contributed by atoms with Gasteiger partial charge in [-0.1, -0.05) is 31.2 Å². The van der Waals surface area contributed by atoms with Gasteiger partial charge < -0.3 is 9.88 Å². The topological polar surface area (TPSA) is 51.1 Å². The molecule has 0 aliphatic carbocycles. The van der Waals surface area contributed by atoms with E-state index in [1.54, 1.807) is 12.1 Å². The average molecular weight is 402 g/mol. The minimum atomic E-state index is -4.98. The highest BCUT2D eigenvalue weighted by Gasteiger charge is 2.41. The molecule has 152 valence electrons. The number of nitrogens with zero attached hydrogens (tertiary/aromatic N) is 1. The van der Waals surface area contributed by atoms with Gasteiger partial charge in [-0.3, -0.25) is 9.59 Å². The van der Waals surface area contributed by atoms with Crippen LogP contribution in [0.3, 0.4) is 0 Å². The lowest BCUT2D eigenvalue weighted by Gasteiger charge is -2.10. The fourth-order valence-corrected chi connectivity index (χ4v) is 3.58. The molecule has 1 amide bonds. The number of aromatic nitrogens is 1. The molecular formula is C22H21F3N2O2. The van der Waals surface area contributed by atoms with Crippen LogP contribution in [0.25, 0.3) is 10.9 Å². The molecule has 3 rings (SSSR count). The van der Waals surface area contributed by atoms with Crippen molar-refractivity contribution in [2.24, 2.45) is 0 Å². The van der Waals surface area contributed by atoms with Crippen LogP contribution in [-0.2, 0) is 17.8 Å². The quantitative estimate of drug-likeness (QED) is 0.596. The summed E-state index contributed by atoms with van der Waals surface area (Å²) in [6.45, 7) is 5.48. The van der Waals surface area contributed by atoms with Gasteiger partial charge in [0.05, 0.1) is 11.1 Å². The Bertz CT molecular complexity index is 1080. The summed E-state index contributed by atoms with van der Waals surface area (Å²) in [6.07, 6.45) is -3.30. The van der Waals surface area contributed by atoms with E-state index in [4.69, 9.17) is 0 Å². The zero-order valence-electron chi connectivity index (χ0n) is 16.4. The van der Waals surface area contributed by atoms with E-state index in [2.05, 4.69) is 5.32 Å². The van der Waals surface area contributed by atoms with Crippen molar-refractivity contribution in [2.45, 2.75) is 39.9 Å². The molecule has 0 unspecified atom stereocenters. The molecule has 0 saturated carbocycles. The summed E-state index contributed by atoms with van der Waals surface area (Å²) < 4.78 is 40.5. The second kappa shape index (κ2) is 7.73. The summed E-state index contributed by atoms with van der Waals surface area (Å²) in [4.78, 5) is 24.5. The standard InChI is InChI=1S/C22H21F3N2O2/c1-4-15-6-5-7-17-18(21(29)22(23,24)25)11-27(20(15)17)12-19(28)26-16-9-13(2)8-14(3)10-16/h5-11H,4,12H2,1-3H3,(H,26,28). The van der Waals surface area contributed by atoms with Crippen molar-refractivity contribution >= 4 is 28.3 Å². The number of hydrogen-bond donors (Lipinski definition) is 1. The fraction of sp³-hybridized carbons (Fsp3) is 0.273. The first kappa shape index (κ1) is 20.6. The van der Waals surface area contributed by atoms with E-state index in [9.17, 15) is 22.8 Å². The number of ketones is 1. The lowest BCUT2D eigenvalue weighted by atomic mass is 10.0. The van der Waals surface area contributed by atoms with Gasteiger partial charge in [-0.05, 0) is 49.1 Å². The number of hydrogen-bond acceptors (Lipinski definition) is 2. The number of Topliss-reactive ketones (excluding diaryl/α,β-unsaturated/α-hetero) is 1. The van der Waals surface area contributed by atoms with Crippen LogP contribution < -0.4 is 5.32 Å². The van der Waals surface area contributed by atoms with Crippen LogP contribution in [0.2, 0.25) is 0 Å². The number of rotatable bonds is 5. The Morgan fingerprint density at radius 3 is 2.31 bits per heavy atom. The highest BCUT2D eigenvalue weighted by molar-refractivity contribution is 6.11. The Morgan fingerprint density at radius 2 is 1.72 bits per heavy atom. The number of anilines is 1. The molecule has 0 aliphatic heterocycles. The molecule has 3 aromatic rings. The summed E-state index contributed by atoms with van der Waals surface area (Å²) in [5.41, 5.74) is 3.38. The third-order valence-electron chi connectivity index (χ3n) is 4.68. The predicted octanol–water partition coefficient (Wildman–Crippen LogP) is 5.20. The van der Waals surface area contributed by atoms with Crippen molar-refractivity contribution in [3.8, 4) is 0 Å². The molecule has 0 fully saturated rings. The molecule has 2 aromatic carbocycles. The molecule has 0 atom stereocenters. The van der Waals surface area contributed by atoms with E-state index in [0.717, 1.165) is 22.9 Å². The Labute approximate surface area is 166 Å². The maximum absolute atomic E-state index is 13.0. The number of amides is 1. The summed E-state index contributed by atoms with van der Waals surface area (Å²) in [6, 6.07) is 10.5. The number of halogens is 3. The molecule has 7 heteroatoms. The van der Waals surface area contributed by atoms with Crippen LogP contribution in [0.4, 0.5) is 18.9 Å². The minimum absolute atomic E-state index is 0.200. The van der Waals surface area contributed by atoms with E-state index >= 15 is 0 Å². The van der Waals surface area contributed by atoms with E-state index < -0.39 is 17.5 Å². The van der Waals surface area contributed by atoms with Crippen LogP contribution in [0.5, 0.6) is 0 Å². The summed E-state index contributed by atoms with van der Waals surface area (Å²) in [5.74, 6) is -2.30. The zero-order chi connectivity index (χ0) is 21.3. The zero-order valence-corrected chi connectivity index (χ0v) is 16.4. The van der Waals surface area contributed by atoms with Gasteiger partial charge in [-0.15, -0.1) is 0 Å². The van der Waals surface area contributed by atoms with Crippen LogP contribution >= 0.6 is 0 Å². The third kappa shape index (κ3) is 4.34. The number of carbonyl (C=O) groups is 2. The SMILES string of the molecule is CCc1cccc2c(C(=O)C(F)(F)F)cn(CC(=O)Nc3cc(C)cc(C)c3)c12. The van der Waals surface area contributed by atoms with E-state index in [0.29, 0.717) is 17.6 Å². The molecule has 0 saturated heterocycles. The van der Waals surface area contributed by atoms with Crippen LogP contribution in [-0.4, -0.2) is 22.4 Å². The maximum Gasteiger partial charge on any atom is 0.454 e. The van der Waals surface area contributed by atoms with Gasteiger partial charge in [0, 0.05) is 17.3 Å². The largest absolute Gasteiger partial charge is 0.454 e. The van der Waals surface area contributed by atoms with Gasteiger partial charge in [0.2, 0.25) is 5.91 Å². The highest BCUT2D eigenvalue weighted by Crippen LogP contribution is 2.30. The molecule has 0 spiro atoms. The molecular weight excluding hydrogens is 381 g/mol. The van der Waals surface area contributed by atoms with Gasteiger partial charge in [0.25, 0.3) is 5.78 Å². The Balaban J connectivity index is 2.00. The van der Waals surface area contributed by atoms with Gasteiger partial charge in [-0.2, -0.15) is 13.2 Å². The van der Waals surface area contributed by atoms with Crippen molar-refractivity contribution < 1.29 is 22.8 Å². The number of benzene rings is 2. The first-order valence-corrected chi connectivity index (χ1v) is 9.20. The third-order valence-corrected chi connectivity index (χ3v) is 4.68. The van der Waals surface area contributed by atoms with E-state index in [-0.39, 0.29) is 17.8 Å². The van der Waals surface area contributed by atoms with E-state index in [1.165, 1.54) is 10.6 Å². The molecule has 1 heterocycles. The second-order valence-corrected chi connectivity index (χ2v) is 7.09. The summed E-state index contributed by atoms with van der Waals surface area (Å²) in [7, 11) is 0. The van der Waals surface area contributed by atoms with Crippen LogP contribution in [0.15, 0.2) is 42.6 Å². The number of carbonyl (C=O) groups excluding carboxylic acids is 2. The van der Waals surface area contributed by atoms with Crippen molar-refractivity contribution in [2.75, 3.05) is 5.32 Å². The summed E-state index contributed by atoms with van der Waals surface area (Å²) >= 11 is 0. The predicted molar refractivity (Wildman–Crippen MR) is 106 cm³/mol. The number of fused-ring (bicyclic) bond motifs is 1. The monoisotopic (exact) mass is 402 g/mol. The van der Waals surface area contributed by atoms with Crippen LogP contribution in [0, 0.1) is 13.8 Å². The van der Waals surface area contributed by atoms with Gasteiger partial charge in [0.15, 0.2) is 0 Å². The number of alkyl halides is 3. The van der Waals surface area contributed by atoms with Crippen molar-refractivity contribution in [1.29, 1.82) is 0 Å². The van der Waals surface area contributed by atoms with Gasteiger partial charge in [-0.25, -0.2) is 0 Å². The van der Waals surface area contributed by atoms with Crippen molar-refractivity contribution in [3.05, 3.63) is 64.8 Å². The molecule has 0 bridgehead atoms. The maximum atomic E-state index is 13.0. The Kier molecular flexibility index (Phi) is 5.50. The fourth-order valence-electron chi connectivity index (χ4n) is 3.58. The molecule has 4 nitrogen and oxygen atoms in total. The van der Waals surface area contributed by atoms with E-state index in [1.807, 2.05) is 39.0 Å². The smallest absolute Gasteiger partial charge is 0.337 e. The lowest BCUT2D eigenvalue weighted by Crippen LogP contribution is -2.22. The first-order valence-electron chi connectivity index (χ1n) is 9.20. The lowest BCUT2D eigenvalue weighted by molar-refractivity contribution is -0.116. The number of aryl methyl sites for hydroxylation is 3. The highest BCUT2D eigenvalue weighted by atomic mass is 19.4. The second-order valence-electron chi connectivity index (χ2n) is 7.09. The Morgan fingerprint density at radius 1 is 1.07 bits per heavy atom. The molecule has 1 N–H and O–H groups in total. The number of nitrogens with one attached hydrogen (secondary N) is 1. The molecule has 29 heavy (non-hydrogen) atoms. The Hall–Kier alpha value is -3.09. The number of para-hydroxylation sites is 1. The minimum Gasteiger partial charge on any atom is -0.337 e. The van der Waals surface area contributed by atoms with Crippen LogP contribution in [0.1, 0.15) is 34.0 Å².